The van der Waals surface area contributed by atoms with E-state index in [4.69, 9.17) is 4.74 Å². The van der Waals surface area contributed by atoms with E-state index in [0.29, 0.717) is 6.61 Å². The Morgan fingerprint density at radius 1 is 1.00 bits per heavy atom. The number of aromatic nitrogens is 3. The first kappa shape index (κ1) is 18.3. The van der Waals surface area contributed by atoms with Crippen LogP contribution in [0.25, 0.3) is 17.1 Å². The van der Waals surface area contributed by atoms with Crippen LogP contribution in [0.4, 0.5) is 0 Å². The van der Waals surface area contributed by atoms with E-state index in [0.717, 1.165) is 29.4 Å². The molecule has 0 aliphatic heterocycles. The maximum atomic E-state index is 6.32. The maximum Gasteiger partial charge on any atom is 0.182 e. The fourth-order valence-electron chi connectivity index (χ4n) is 3.26. The van der Waals surface area contributed by atoms with Crippen molar-refractivity contribution < 1.29 is 4.74 Å². The van der Waals surface area contributed by atoms with Crippen LogP contribution < -0.4 is 0 Å². The highest BCUT2D eigenvalue weighted by Crippen LogP contribution is 2.31. The molecule has 0 saturated carbocycles. The molecular weight excluding hydrogens is 322 g/mol. The van der Waals surface area contributed by atoms with Crippen LogP contribution in [0.15, 0.2) is 60.7 Å². The van der Waals surface area contributed by atoms with E-state index in [1.54, 1.807) is 0 Å². The number of fused-ring (bicyclic) bond motifs is 1. The number of hydrogen-bond acceptors (Lipinski definition) is 3. The van der Waals surface area contributed by atoms with E-state index >= 15 is 0 Å². The van der Waals surface area contributed by atoms with Crippen molar-refractivity contribution in [2.24, 2.45) is 0 Å². The summed E-state index contributed by atoms with van der Waals surface area (Å²) in [6.45, 7) is 4.86. The molecule has 2 aromatic carbocycles. The Balaban J connectivity index is 2.05. The lowest BCUT2D eigenvalue weighted by atomic mass is 10.0. The zero-order chi connectivity index (χ0) is 18.2. The van der Waals surface area contributed by atoms with E-state index in [-0.39, 0.29) is 0 Å². The van der Waals surface area contributed by atoms with Crippen LogP contribution >= 0.6 is 0 Å². The Hall–Kier alpha value is -2.46. The molecule has 1 atom stereocenters. The van der Waals surface area contributed by atoms with Crippen molar-refractivity contribution in [1.29, 1.82) is 0 Å². The van der Waals surface area contributed by atoms with E-state index in [1.807, 2.05) is 48.0 Å². The minimum absolute atomic E-state index is 0.611. The lowest BCUT2D eigenvalue weighted by molar-refractivity contribution is -0.0756. The van der Waals surface area contributed by atoms with Gasteiger partial charge in [0.05, 0.1) is 5.52 Å². The average molecular weight is 349 g/mol. The highest BCUT2D eigenvalue weighted by Gasteiger charge is 2.32. The molecule has 0 bridgehead atoms. The van der Waals surface area contributed by atoms with Gasteiger partial charge in [-0.3, -0.25) is 0 Å². The quantitative estimate of drug-likeness (QED) is 0.485. The third-order valence-corrected chi connectivity index (χ3v) is 4.58. The third-order valence-electron chi connectivity index (χ3n) is 4.58. The van der Waals surface area contributed by atoms with E-state index in [2.05, 4.69) is 47.6 Å². The molecule has 0 amide bonds. The molecule has 4 heteroatoms. The second-order valence-electron chi connectivity index (χ2n) is 6.47. The minimum Gasteiger partial charge on any atom is -0.350 e. The zero-order valence-corrected chi connectivity index (χ0v) is 15.6. The van der Waals surface area contributed by atoms with Crippen LogP contribution in [-0.2, 0) is 10.5 Å². The summed E-state index contributed by atoms with van der Waals surface area (Å²) in [5.41, 5.74) is 2.41. The Morgan fingerprint density at radius 3 is 2.54 bits per heavy atom. The molecule has 1 unspecified atom stereocenters. The summed E-state index contributed by atoms with van der Waals surface area (Å²) in [7, 11) is 0. The lowest BCUT2D eigenvalue weighted by Crippen LogP contribution is -2.36. The summed E-state index contributed by atoms with van der Waals surface area (Å²) < 4.78 is 8.27. The second kappa shape index (κ2) is 8.77. The summed E-state index contributed by atoms with van der Waals surface area (Å²) in [5.74, 6) is 0. The predicted molar refractivity (Wildman–Crippen MR) is 107 cm³/mol. The van der Waals surface area contributed by atoms with Gasteiger partial charge in [0.15, 0.2) is 5.72 Å². The summed E-state index contributed by atoms with van der Waals surface area (Å²) in [4.78, 5) is 0. The summed E-state index contributed by atoms with van der Waals surface area (Å²) in [6, 6.07) is 18.4. The molecule has 3 rings (SSSR count). The van der Waals surface area contributed by atoms with Gasteiger partial charge in [0.1, 0.15) is 5.52 Å². The van der Waals surface area contributed by atoms with E-state index < -0.39 is 5.72 Å². The van der Waals surface area contributed by atoms with E-state index in [9.17, 15) is 0 Å². The number of rotatable bonds is 9. The van der Waals surface area contributed by atoms with Gasteiger partial charge < -0.3 is 4.74 Å². The first-order chi connectivity index (χ1) is 12.8. The Morgan fingerprint density at radius 2 is 1.77 bits per heavy atom. The molecule has 0 radical (unpaired) electrons. The normalized spacial score (nSPS) is 14.1. The van der Waals surface area contributed by atoms with Crippen molar-refractivity contribution in [2.45, 2.75) is 45.3 Å². The standard InChI is InChI=1S/C22H27N3O/c1-3-5-11-17-22(26-4-2,18-16-19-12-7-6-8-13-19)25-21-15-10-9-14-20(21)23-24-25/h6-10,12-16,18H,3-5,11,17H2,1-2H3/b18-16+. The Kier molecular flexibility index (Phi) is 6.18. The molecule has 26 heavy (non-hydrogen) atoms. The van der Waals surface area contributed by atoms with Crippen molar-refractivity contribution in [1.82, 2.24) is 15.0 Å². The van der Waals surface area contributed by atoms with Gasteiger partial charge in [-0.05, 0) is 37.1 Å². The number of hydrogen-bond donors (Lipinski definition) is 0. The Bertz CT molecular complexity index is 841. The number of nitrogens with zero attached hydrogens (tertiary/aromatic N) is 3. The van der Waals surface area contributed by atoms with Crippen molar-refractivity contribution >= 4 is 17.1 Å². The van der Waals surface area contributed by atoms with E-state index in [1.165, 1.54) is 12.8 Å². The molecule has 0 N–H and O–H groups in total. The molecule has 0 aliphatic rings. The van der Waals surface area contributed by atoms with Gasteiger partial charge in [0, 0.05) is 13.0 Å². The van der Waals surface area contributed by atoms with Gasteiger partial charge in [-0.2, -0.15) is 0 Å². The fourth-order valence-corrected chi connectivity index (χ4v) is 3.26. The molecule has 1 heterocycles. The summed E-state index contributed by atoms with van der Waals surface area (Å²) >= 11 is 0. The molecule has 136 valence electrons. The molecule has 0 spiro atoms. The van der Waals surface area contributed by atoms with Crippen LogP contribution in [-0.4, -0.2) is 21.6 Å². The molecule has 3 aromatic rings. The molecule has 1 aromatic heterocycles. The Labute approximate surface area is 155 Å². The number of benzene rings is 2. The smallest absolute Gasteiger partial charge is 0.182 e. The van der Waals surface area contributed by atoms with Crippen LogP contribution in [0.5, 0.6) is 0 Å². The van der Waals surface area contributed by atoms with Crippen molar-refractivity contribution in [3.8, 4) is 0 Å². The maximum absolute atomic E-state index is 6.32. The van der Waals surface area contributed by atoms with Crippen LogP contribution in [0.3, 0.4) is 0 Å². The fraction of sp³-hybridized carbons (Fsp3) is 0.364. The lowest BCUT2D eigenvalue weighted by Gasteiger charge is -2.31. The SMILES string of the molecule is CCCCCC(/C=C/c1ccccc1)(OCC)n1nnc2ccccc21. The van der Waals surface area contributed by atoms with Crippen molar-refractivity contribution in [2.75, 3.05) is 6.61 Å². The van der Waals surface area contributed by atoms with Gasteiger partial charge >= 0.3 is 0 Å². The summed E-state index contributed by atoms with van der Waals surface area (Å²) in [5, 5.41) is 8.82. The second-order valence-corrected chi connectivity index (χ2v) is 6.47. The number of para-hydroxylation sites is 1. The largest absolute Gasteiger partial charge is 0.350 e. The number of unbranched alkanes of at least 4 members (excludes halogenated alkanes) is 2. The molecule has 0 aliphatic carbocycles. The van der Waals surface area contributed by atoms with Gasteiger partial charge in [-0.25, -0.2) is 4.68 Å². The van der Waals surface area contributed by atoms with Crippen LogP contribution in [0.2, 0.25) is 0 Å². The molecule has 0 fully saturated rings. The van der Waals surface area contributed by atoms with Gasteiger partial charge in [-0.15, -0.1) is 5.10 Å². The highest BCUT2D eigenvalue weighted by molar-refractivity contribution is 5.74. The molecular formula is C22H27N3O. The molecule has 4 nitrogen and oxygen atoms in total. The number of ether oxygens (including phenoxy) is 1. The molecule has 0 saturated heterocycles. The van der Waals surface area contributed by atoms with Crippen LogP contribution in [0, 0.1) is 0 Å². The first-order valence-electron chi connectivity index (χ1n) is 9.48. The van der Waals surface area contributed by atoms with Gasteiger partial charge in [0.25, 0.3) is 0 Å². The van der Waals surface area contributed by atoms with Crippen molar-refractivity contribution in [3.05, 3.63) is 66.2 Å². The van der Waals surface area contributed by atoms with Gasteiger partial charge in [-0.1, -0.05) is 73.5 Å². The van der Waals surface area contributed by atoms with Crippen molar-refractivity contribution in [3.63, 3.8) is 0 Å². The predicted octanol–water partition coefficient (Wildman–Crippen LogP) is 5.41. The third kappa shape index (κ3) is 4.02. The monoisotopic (exact) mass is 349 g/mol. The first-order valence-corrected chi connectivity index (χ1v) is 9.48. The summed E-state index contributed by atoms with van der Waals surface area (Å²) in [6.07, 6.45) is 8.54. The average Bonchev–Trinajstić information content (AvgIpc) is 3.12. The minimum atomic E-state index is -0.629. The van der Waals surface area contributed by atoms with Crippen LogP contribution in [0.1, 0.15) is 45.1 Å². The highest BCUT2D eigenvalue weighted by atomic mass is 16.5. The van der Waals surface area contributed by atoms with Gasteiger partial charge in [0.2, 0.25) is 0 Å². The topological polar surface area (TPSA) is 39.9 Å². The zero-order valence-electron chi connectivity index (χ0n) is 15.6.